The van der Waals surface area contributed by atoms with Crippen LogP contribution in [0.5, 0.6) is 11.5 Å². The molecule has 1 atom stereocenters. The van der Waals surface area contributed by atoms with Gasteiger partial charge in [0.05, 0.1) is 5.56 Å². The molecule has 1 aliphatic rings. The van der Waals surface area contributed by atoms with E-state index >= 15 is 0 Å². The molecule has 28 heavy (non-hydrogen) atoms. The van der Waals surface area contributed by atoms with Crippen LogP contribution in [0.4, 0.5) is 10.1 Å². The minimum atomic E-state index is -0.608. The van der Waals surface area contributed by atoms with Gasteiger partial charge in [-0.25, -0.2) is 4.39 Å². The molecule has 0 saturated carbocycles. The highest BCUT2D eigenvalue weighted by Crippen LogP contribution is 2.35. The van der Waals surface area contributed by atoms with Crippen molar-refractivity contribution in [2.24, 2.45) is 0 Å². The molecule has 1 heterocycles. The quantitative estimate of drug-likeness (QED) is 0.596. The van der Waals surface area contributed by atoms with Gasteiger partial charge in [-0.3, -0.25) is 14.4 Å². The van der Waals surface area contributed by atoms with Crippen molar-refractivity contribution in [2.75, 3.05) is 4.90 Å². The molecule has 1 amide bonds. The van der Waals surface area contributed by atoms with Crippen LogP contribution in [-0.2, 0) is 16.0 Å². The number of amides is 1. The zero-order valence-electron chi connectivity index (χ0n) is 15.8. The molecule has 3 rings (SSSR count). The van der Waals surface area contributed by atoms with E-state index in [-0.39, 0.29) is 34.8 Å². The SMILES string of the molecule is CC(=O)Oc1ccc(C(=O)N2c3ccc(F)cc3CCC2C)c(OC(C)=O)c1. The smallest absolute Gasteiger partial charge is 0.308 e. The van der Waals surface area contributed by atoms with Gasteiger partial charge in [0.25, 0.3) is 5.91 Å². The summed E-state index contributed by atoms with van der Waals surface area (Å²) in [6.45, 7) is 4.37. The molecule has 0 saturated heterocycles. The first kappa shape index (κ1) is 19.5. The van der Waals surface area contributed by atoms with Crippen molar-refractivity contribution in [1.82, 2.24) is 0 Å². The van der Waals surface area contributed by atoms with Crippen molar-refractivity contribution < 1.29 is 28.2 Å². The number of aryl methyl sites for hydroxylation is 1. The minimum Gasteiger partial charge on any atom is -0.427 e. The van der Waals surface area contributed by atoms with Gasteiger partial charge < -0.3 is 14.4 Å². The van der Waals surface area contributed by atoms with Crippen LogP contribution in [-0.4, -0.2) is 23.9 Å². The van der Waals surface area contributed by atoms with E-state index in [4.69, 9.17) is 9.47 Å². The van der Waals surface area contributed by atoms with Crippen molar-refractivity contribution in [3.05, 3.63) is 53.3 Å². The van der Waals surface area contributed by atoms with Crippen LogP contribution >= 0.6 is 0 Å². The van der Waals surface area contributed by atoms with Gasteiger partial charge in [0.2, 0.25) is 0 Å². The van der Waals surface area contributed by atoms with Gasteiger partial charge in [0.1, 0.15) is 17.3 Å². The van der Waals surface area contributed by atoms with Crippen LogP contribution in [0.3, 0.4) is 0 Å². The summed E-state index contributed by atoms with van der Waals surface area (Å²) >= 11 is 0. The summed E-state index contributed by atoms with van der Waals surface area (Å²) in [6.07, 6.45) is 1.34. The number of hydrogen-bond acceptors (Lipinski definition) is 5. The van der Waals surface area contributed by atoms with Crippen LogP contribution in [0, 0.1) is 5.82 Å². The number of hydrogen-bond donors (Lipinski definition) is 0. The summed E-state index contributed by atoms with van der Waals surface area (Å²) in [6, 6.07) is 8.44. The summed E-state index contributed by atoms with van der Waals surface area (Å²) in [4.78, 5) is 37.6. The monoisotopic (exact) mass is 385 g/mol. The molecule has 6 nitrogen and oxygen atoms in total. The first-order valence-corrected chi connectivity index (χ1v) is 8.89. The highest BCUT2D eigenvalue weighted by molar-refractivity contribution is 6.09. The van der Waals surface area contributed by atoms with Gasteiger partial charge in [0, 0.05) is 31.6 Å². The second-order valence-electron chi connectivity index (χ2n) is 6.68. The Kier molecular flexibility index (Phi) is 5.44. The molecule has 2 aromatic carbocycles. The first-order chi connectivity index (χ1) is 13.3. The Balaban J connectivity index is 2.04. The molecule has 1 aliphatic heterocycles. The van der Waals surface area contributed by atoms with Crippen LogP contribution in [0.15, 0.2) is 36.4 Å². The zero-order valence-corrected chi connectivity index (χ0v) is 15.8. The third-order valence-corrected chi connectivity index (χ3v) is 4.49. The van der Waals surface area contributed by atoms with Gasteiger partial charge in [-0.2, -0.15) is 0 Å². The number of nitrogens with zero attached hydrogens (tertiary/aromatic N) is 1. The molecule has 0 aromatic heterocycles. The lowest BCUT2D eigenvalue weighted by Gasteiger charge is -2.35. The van der Waals surface area contributed by atoms with E-state index in [2.05, 4.69) is 0 Å². The number of carbonyl (C=O) groups excluding carboxylic acids is 3. The fourth-order valence-corrected chi connectivity index (χ4v) is 3.31. The molecule has 0 bridgehead atoms. The predicted molar refractivity (Wildman–Crippen MR) is 100 cm³/mol. The average molecular weight is 385 g/mol. The standard InChI is InChI=1S/C21H20FNO5/c1-12-4-5-15-10-16(22)6-9-19(15)23(12)21(26)18-8-7-17(27-13(2)24)11-20(18)28-14(3)25/h6-12H,4-5H2,1-3H3. The number of esters is 2. The number of carbonyl (C=O) groups is 3. The highest BCUT2D eigenvalue weighted by Gasteiger charge is 2.31. The summed E-state index contributed by atoms with van der Waals surface area (Å²) < 4.78 is 23.8. The van der Waals surface area contributed by atoms with Gasteiger partial charge in [-0.15, -0.1) is 0 Å². The van der Waals surface area contributed by atoms with E-state index < -0.39 is 11.9 Å². The fraction of sp³-hybridized carbons (Fsp3) is 0.286. The molecule has 0 spiro atoms. The predicted octanol–water partition coefficient (Wildman–Crippen LogP) is 3.66. The lowest BCUT2D eigenvalue weighted by molar-refractivity contribution is -0.132. The Hall–Kier alpha value is -3.22. The minimum absolute atomic E-state index is 0.00214. The Morgan fingerprint density at radius 2 is 1.75 bits per heavy atom. The van der Waals surface area contributed by atoms with Crippen molar-refractivity contribution in [3.63, 3.8) is 0 Å². The van der Waals surface area contributed by atoms with Crippen LogP contribution in [0.25, 0.3) is 0 Å². The van der Waals surface area contributed by atoms with E-state index in [1.165, 1.54) is 44.2 Å². The van der Waals surface area contributed by atoms with E-state index in [0.29, 0.717) is 18.5 Å². The number of fused-ring (bicyclic) bond motifs is 1. The van der Waals surface area contributed by atoms with E-state index in [1.807, 2.05) is 6.92 Å². The van der Waals surface area contributed by atoms with E-state index in [9.17, 15) is 18.8 Å². The topological polar surface area (TPSA) is 72.9 Å². The Morgan fingerprint density at radius 3 is 2.43 bits per heavy atom. The van der Waals surface area contributed by atoms with Crippen LogP contribution in [0.2, 0.25) is 0 Å². The molecular weight excluding hydrogens is 365 g/mol. The van der Waals surface area contributed by atoms with Gasteiger partial charge in [0.15, 0.2) is 0 Å². The van der Waals surface area contributed by atoms with Gasteiger partial charge in [-0.05, 0) is 55.7 Å². The zero-order chi connectivity index (χ0) is 20.4. The number of benzene rings is 2. The number of anilines is 1. The molecular formula is C21H20FNO5. The molecule has 7 heteroatoms. The third-order valence-electron chi connectivity index (χ3n) is 4.49. The van der Waals surface area contributed by atoms with Gasteiger partial charge >= 0.3 is 11.9 Å². The van der Waals surface area contributed by atoms with E-state index in [0.717, 1.165) is 5.56 Å². The average Bonchev–Trinajstić information content (AvgIpc) is 2.60. The normalized spacial score (nSPS) is 15.6. The van der Waals surface area contributed by atoms with Crippen LogP contribution < -0.4 is 14.4 Å². The van der Waals surface area contributed by atoms with E-state index in [1.54, 1.807) is 11.0 Å². The van der Waals surface area contributed by atoms with Crippen molar-refractivity contribution in [1.29, 1.82) is 0 Å². The first-order valence-electron chi connectivity index (χ1n) is 8.89. The lowest BCUT2D eigenvalue weighted by atomic mass is 9.95. The number of rotatable bonds is 3. The third kappa shape index (κ3) is 4.03. The molecule has 0 radical (unpaired) electrons. The number of ether oxygens (including phenoxy) is 2. The maximum Gasteiger partial charge on any atom is 0.308 e. The lowest BCUT2D eigenvalue weighted by Crippen LogP contribution is -2.42. The van der Waals surface area contributed by atoms with Crippen molar-refractivity contribution in [3.8, 4) is 11.5 Å². The Bertz CT molecular complexity index is 956. The summed E-state index contributed by atoms with van der Waals surface area (Å²) in [5, 5.41) is 0. The number of halogens is 1. The largest absolute Gasteiger partial charge is 0.427 e. The maximum atomic E-state index is 13.6. The molecule has 1 unspecified atom stereocenters. The van der Waals surface area contributed by atoms with Crippen molar-refractivity contribution in [2.45, 2.75) is 39.7 Å². The van der Waals surface area contributed by atoms with Gasteiger partial charge in [-0.1, -0.05) is 0 Å². The molecule has 0 fully saturated rings. The molecule has 146 valence electrons. The van der Waals surface area contributed by atoms with Crippen LogP contribution in [0.1, 0.15) is 43.1 Å². The summed E-state index contributed by atoms with van der Waals surface area (Å²) in [7, 11) is 0. The second kappa shape index (κ2) is 7.80. The summed E-state index contributed by atoms with van der Waals surface area (Å²) in [5.74, 6) is -1.72. The Morgan fingerprint density at radius 1 is 1.04 bits per heavy atom. The maximum absolute atomic E-state index is 13.6. The summed E-state index contributed by atoms with van der Waals surface area (Å²) in [5.41, 5.74) is 1.52. The van der Waals surface area contributed by atoms with Crippen molar-refractivity contribution >= 4 is 23.5 Å². The molecule has 0 N–H and O–H groups in total. The second-order valence-corrected chi connectivity index (χ2v) is 6.68. The Labute approximate surface area is 161 Å². The molecule has 0 aliphatic carbocycles. The molecule has 2 aromatic rings. The fourth-order valence-electron chi connectivity index (χ4n) is 3.31. The highest BCUT2D eigenvalue weighted by atomic mass is 19.1.